The summed E-state index contributed by atoms with van der Waals surface area (Å²) in [6.45, 7) is 0.804. The fourth-order valence-corrected chi connectivity index (χ4v) is 3.89. The zero-order chi connectivity index (χ0) is 15.9. The van der Waals surface area contributed by atoms with Gasteiger partial charge in [-0.3, -0.25) is 4.79 Å². The van der Waals surface area contributed by atoms with Crippen LogP contribution in [0.1, 0.15) is 64.2 Å². The van der Waals surface area contributed by atoms with Gasteiger partial charge in [0.15, 0.2) is 0 Å². The number of carbonyl (C=O) groups is 1. The van der Waals surface area contributed by atoms with Crippen LogP contribution in [-0.4, -0.2) is 12.5 Å². The first-order valence-corrected chi connectivity index (χ1v) is 9.35. The Morgan fingerprint density at radius 1 is 0.957 bits per heavy atom. The maximum atomic E-state index is 12.1. The van der Waals surface area contributed by atoms with Crippen LogP contribution in [0.5, 0.6) is 5.75 Å². The first kappa shape index (κ1) is 16.4. The lowest BCUT2D eigenvalue weighted by molar-refractivity contribution is -0.119. The van der Waals surface area contributed by atoms with Crippen molar-refractivity contribution >= 4 is 11.6 Å². The van der Waals surface area contributed by atoms with E-state index in [9.17, 15) is 4.79 Å². The summed E-state index contributed by atoms with van der Waals surface area (Å²) < 4.78 is 5.86. The quantitative estimate of drug-likeness (QED) is 0.787. The van der Waals surface area contributed by atoms with Gasteiger partial charge >= 0.3 is 0 Å². The summed E-state index contributed by atoms with van der Waals surface area (Å²) in [7, 11) is 0. The van der Waals surface area contributed by atoms with Crippen LogP contribution in [0, 0.1) is 11.8 Å². The van der Waals surface area contributed by atoms with E-state index in [1.54, 1.807) is 0 Å². The molecule has 2 aliphatic carbocycles. The van der Waals surface area contributed by atoms with Crippen molar-refractivity contribution < 1.29 is 9.53 Å². The molecule has 2 aliphatic rings. The molecule has 0 aromatic heterocycles. The second kappa shape index (κ2) is 8.37. The van der Waals surface area contributed by atoms with Gasteiger partial charge in [0.1, 0.15) is 5.75 Å². The van der Waals surface area contributed by atoms with E-state index in [0.29, 0.717) is 0 Å². The molecule has 2 saturated carbocycles. The highest BCUT2D eigenvalue weighted by Crippen LogP contribution is 2.27. The molecule has 0 spiro atoms. The molecule has 3 heteroatoms. The molecule has 23 heavy (non-hydrogen) atoms. The summed E-state index contributed by atoms with van der Waals surface area (Å²) in [6, 6.07) is 7.82. The Bertz CT molecular complexity index is 485. The van der Waals surface area contributed by atoms with Crippen molar-refractivity contribution in [2.24, 2.45) is 11.8 Å². The van der Waals surface area contributed by atoms with Crippen LogP contribution in [0.15, 0.2) is 24.3 Å². The third-order valence-corrected chi connectivity index (χ3v) is 5.37. The van der Waals surface area contributed by atoms with Gasteiger partial charge in [0.05, 0.1) is 6.61 Å². The van der Waals surface area contributed by atoms with Crippen LogP contribution in [0.2, 0.25) is 0 Å². The topological polar surface area (TPSA) is 38.3 Å². The van der Waals surface area contributed by atoms with Gasteiger partial charge in [-0.25, -0.2) is 0 Å². The number of ether oxygens (including phenoxy) is 1. The SMILES string of the molecule is O=C(Nc1ccc(OCCC2CCCCC2)cc1)C1CCCC1. The predicted octanol–water partition coefficient (Wildman–Crippen LogP) is 5.16. The van der Waals surface area contributed by atoms with E-state index in [2.05, 4.69) is 5.32 Å². The van der Waals surface area contributed by atoms with E-state index >= 15 is 0 Å². The Labute approximate surface area is 139 Å². The molecule has 0 unspecified atom stereocenters. The lowest BCUT2D eigenvalue weighted by Gasteiger charge is -2.21. The molecule has 0 atom stereocenters. The fraction of sp³-hybridized carbons (Fsp3) is 0.650. The second-order valence-electron chi connectivity index (χ2n) is 7.14. The molecule has 1 aromatic carbocycles. The van der Waals surface area contributed by atoms with Gasteiger partial charge in [-0.1, -0.05) is 44.9 Å². The van der Waals surface area contributed by atoms with Crippen molar-refractivity contribution in [3.63, 3.8) is 0 Å². The summed E-state index contributed by atoms with van der Waals surface area (Å²) in [5, 5.41) is 3.02. The molecular weight excluding hydrogens is 286 g/mol. The highest BCUT2D eigenvalue weighted by molar-refractivity contribution is 5.92. The summed E-state index contributed by atoms with van der Waals surface area (Å²) in [5.41, 5.74) is 0.876. The minimum absolute atomic E-state index is 0.175. The van der Waals surface area contributed by atoms with Crippen molar-refractivity contribution in [1.82, 2.24) is 0 Å². The Morgan fingerprint density at radius 2 is 1.61 bits per heavy atom. The first-order valence-electron chi connectivity index (χ1n) is 9.35. The second-order valence-corrected chi connectivity index (χ2v) is 7.14. The van der Waals surface area contributed by atoms with Crippen molar-refractivity contribution in [3.05, 3.63) is 24.3 Å². The standard InChI is InChI=1S/C20H29NO2/c22-20(17-8-4-5-9-17)21-18-10-12-19(13-11-18)23-15-14-16-6-2-1-3-7-16/h10-13,16-17H,1-9,14-15H2,(H,21,22). The van der Waals surface area contributed by atoms with Gasteiger partial charge in [0, 0.05) is 11.6 Å². The van der Waals surface area contributed by atoms with Gasteiger partial charge in [-0.15, -0.1) is 0 Å². The van der Waals surface area contributed by atoms with Crippen molar-refractivity contribution in [1.29, 1.82) is 0 Å². The van der Waals surface area contributed by atoms with Crippen LogP contribution in [0.3, 0.4) is 0 Å². The molecule has 126 valence electrons. The van der Waals surface area contributed by atoms with E-state index in [-0.39, 0.29) is 11.8 Å². The molecule has 3 rings (SSSR count). The summed E-state index contributed by atoms with van der Waals surface area (Å²) >= 11 is 0. The number of carbonyl (C=O) groups excluding carboxylic acids is 1. The number of anilines is 1. The van der Waals surface area contributed by atoms with Gasteiger partial charge in [-0.05, 0) is 49.4 Å². The van der Waals surface area contributed by atoms with Crippen LogP contribution in [0.4, 0.5) is 5.69 Å². The lowest BCUT2D eigenvalue weighted by Crippen LogP contribution is -2.20. The zero-order valence-corrected chi connectivity index (χ0v) is 14.1. The molecule has 2 fully saturated rings. The Kier molecular flexibility index (Phi) is 5.95. The van der Waals surface area contributed by atoms with Gasteiger partial charge in [0.25, 0.3) is 0 Å². The molecule has 3 nitrogen and oxygen atoms in total. The zero-order valence-electron chi connectivity index (χ0n) is 14.1. The summed E-state index contributed by atoms with van der Waals surface area (Å²) in [5.74, 6) is 2.14. The van der Waals surface area contributed by atoms with Gasteiger partial charge in [0.2, 0.25) is 5.91 Å². The largest absolute Gasteiger partial charge is 0.494 e. The summed E-state index contributed by atoms with van der Waals surface area (Å²) in [4.78, 5) is 12.1. The Morgan fingerprint density at radius 3 is 2.30 bits per heavy atom. The highest BCUT2D eigenvalue weighted by atomic mass is 16.5. The van der Waals surface area contributed by atoms with E-state index in [0.717, 1.165) is 36.8 Å². The number of amides is 1. The number of nitrogens with one attached hydrogen (secondary N) is 1. The van der Waals surface area contributed by atoms with Gasteiger partial charge < -0.3 is 10.1 Å². The van der Waals surface area contributed by atoms with E-state index in [4.69, 9.17) is 4.74 Å². The molecule has 0 heterocycles. The molecule has 1 N–H and O–H groups in total. The predicted molar refractivity (Wildman–Crippen MR) is 93.7 cm³/mol. The first-order chi connectivity index (χ1) is 11.3. The van der Waals surface area contributed by atoms with E-state index in [1.165, 1.54) is 51.4 Å². The normalized spacial score (nSPS) is 19.7. The lowest BCUT2D eigenvalue weighted by atomic mass is 9.87. The Balaban J connectivity index is 1.40. The molecule has 1 aromatic rings. The minimum Gasteiger partial charge on any atom is -0.494 e. The van der Waals surface area contributed by atoms with E-state index in [1.807, 2.05) is 24.3 Å². The van der Waals surface area contributed by atoms with Crippen LogP contribution in [-0.2, 0) is 4.79 Å². The maximum Gasteiger partial charge on any atom is 0.227 e. The molecule has 0 saturated heterocycles. The monoisotopic (exact) mass is 315 g/mol. The Hall–Kier alpha value is -1.51. The maximum absolute atomic E-state index is 12.1. The number of benzene rings is 1. The van der Waals surface area contributed by atoms with Crippen LogP contribution < -0.4 is 10.1 Å². The molecule has 0 aliphatic heterocycles. The average Bonchev–Trinajstić information content (AvgIpc) is 3.12. The molecule has 0 radical (unpaired) electrons. The minimum atomic E-state index is 0.175. The number of rotatable bonds is 6. The van der Waals surface area contributed by atoms with Crippen LogP contribution >= 0.6 is 0 Å². The van der Waals surface area contributed by atoms with Gasteiger partial charge in [-0.2, -0.15) is 0 Å². The average molecular weight is 315 g/mol. The van der Waals surface area contributed by atoms with Crippen LogP contribution in [0.25, 0.3) is 0 Å². The fourth-order valence-electron chi connectivity index (χ4n) is 3.89. The molecule has 0 bridgehead atoms. The molecule has 1 amide bonds. The third-order valence-electron chi connectivity index (χ3n) is 5.37. The smallest absolute Gasteiger partial charge is 0.227 e. The highest BCUT2D eigenvalue weighted by Gasteiger charge is 2.22. The molecular formula is C20H29NO2. The number of hydrogen-bond donors (Lipinski definition) is 1. The van der Waals surface area contributed by atoms with Crippen molar-refractivity contribution in [2.45, 2.75) is 64.2 Å². The van der Waals surface area contributed by atoms with Crippen molar-refractivity contribution in [3.8, 4) is 5.75 Å². The van der Waals surface area contributed by atoms with Crippen molar-refractivity contribution in [2.75, 3.05) is 11.9 Å². The summed E-state index contributed by atoms with van der Waals surface area (Å²) in [6.07, 6.45) is 12.5. The number of hydrogen-bond acceptors (Lipinski definition) is 2. The third kappa shape index (κ3) is 4.98. The van der Waals surface area contributed by atoms with E-state index < -0.39 is 0 Å².